The molecule has 3 heterocycles. The Kier molecular flexibility index (Phi) is 5.43. The van der Waals surface area contributed by atoms with Crippen molar-refractivity contribution in [1.29, 1.82) is 0 Å². The number of fused-ring (bicyclic) bond motifs is 1. The highest BCUT2D eigenvalue weighted by Gasteiger charge is 2.24. The van der Waals surface area contributed by atoms with Crippen LogP contribution in [0, 0.1) is 5.92 Å². The SMILES string of the molecule is O=C(CC1CCCCC1)NCCn1nc([C@H]2CCNC2)c2nccnc21. The number of hydrogen-bond acceptors (Lipinski definition) is 5. The molecule has 7 nitrogen and oxygen atoms in total. The highest BCUT2D eigenvalue weighted by atomic mass is 16.1. The van der Waals surface area contributed by atoms with Crippen molar-refractivity contribution in [3.63, 3.8) is 0 Å². The zero-order chi connectivity index (χ0) is 17.8. The molecule has 0 spiro atoms. The zero-order valence-corrected chi connectivity index (χ0v) is 15.3. The Bertz CT molecular complexity index is 746. The summed E-state index contributed by atoms with van der Waals surface area (Å²) in [5, 5.41) is 11.2. The number of nitrogens with zero attached hydrogens (tertiary/aromatic N) is 4. The summed E-state index contributed by atoms with van der Waals surface area (Å²) in [5.74, 6) is 1.14. The van der Waals surface area contributed by atoms with Crippen molar-refractivity contribution < 1.29 is 4.79 Å². The van der Waals surface area contributed by atoms with Gasteiger partial charge in [-0.1, -0.05) is 19.3 Å². The van der Waals surface area contributed by atoms with Gasteiger partial charge in [-0.05, 0) is 31.7 Å². The fourth-order valence-electron chi connectivity index (χ4n) is 4.27. The molecular weight excluding hydrogens is 328 g/mol. The maximum Gasteiger partial charge on any atom is 0.220 e. The second-order valence-corrected chi connectivity index (χ2v) is 7.58. The quantitative estimate of drug-likeness (QED) is 0.827. The van der Waals surface area contributed by atoms with Gasteiger partial charge in [0.1, 0.15) is 5.52 Å². The molecule has 140 valence electrons. The molecule has 0 unspecified atom stereocenters. The largest absolute Gasteiger partial charge is 0.354 e. The molecule has 1 atom stereocenters. The van der Waals surface area contributed by atoms with Crippen molar-refractivity contribution >= 4 is 17.1 Å². The molecule has 1 aliphatic carbocycles. The van der Waals surface area contributed by atoms with E-state index in [9.17, 15) is 4.79 Å². The van der Waals surface area contributed by atoms with E-state index in [1.54, 1.807) is 12.4 Å². The number of carbonyl (C=O) groups is 1. The molecule has 0 aromatic carbocycles. The molecule has 2 aromatic rings. The third kappa shape index (κ3) is 3.87. The van der Waals surface area contributed by atoms with E-state index in [-0.39, 0.29) is 5.91 Å². The van der Waals surface area contributed by atoms with Crippen molar-refractivity contribution in [2.45, 2.75) is 57.4 Å². The standard InChI is InChI=1S/C19H28N6O/c26-16(12-14-4-2-1-3-5-14)21-10-11-25-19-18(22-8-9-23-19)17(24-25)15-6-7-20-13-15/h8-9,14-15,20H,1-7,10-13H2,(H,21,26)/t15-/m0/s1. The minimum atomic E-state index is 0.166. The first-order chi connectivity index (χ1) is 12.8. The van der Waals surface area contributed by atoms with E-state index in [4.69, 9.17) is 5.10 Å². The minimum absolute atomic E-state index is 0.166. The van der Waals surface area contributed by atoms with Crippen LogP contribution in [0.2, 0.25) is 0 Å². The molecule has 7 heteroatoms. The van der Waals surface area contributed by atoms with Crippen LogP contribution < -0.4 is 10.6 Å². The van der Waals surface area contributed by atoms with Crippen molar-refractivity contribution in [3.05, 3.63) is 18.1 Å². The molecule has 2 N–H and O–H groups in total. The summed E-state index contributed by atoms with van der Waals surface area (Å²) in [4.78, 5) is 21.2. The summed E-state index contributed by atoms with van der Waals surface area (Å²) in [7, 11) is 0. The fourth-order valence-corrected chi connectivity index (χ4v) is 4.27. The highest BCUT2D eigenvalue weighted by molar-refractivity contribution is 5.76. The van der Waals surface area contributed by atoms with E-state index >= 15 is 0 Å². The van der Waals surface area contributed by atoms with E-state index in [1.165, 1.54) is 32.1 Å². The predicted molar refractivity (Wildman–Crippen MR) is 99.8 cm³/mol. The Labute approximate surface area is 154 Å². The van der Waals surface area contributed by atoms with Gasteiger partial charge in [0, 0.05) is 37.8 Å². The molecule has 1 saturated heterocycles. The van der Waals surface area contributed by atoms with E-state index in [0.717, 1.165) is 36.4 Å². The van der Waals surface area contributed by atoms with E-state index in [1.807, 2.05) is 4.68 Å². The minimum Gasteiger partial charge on any atom is -0.354 e. The Morgan fingerprint density at radius 1 is 1.19 bits per heavy atom. The first-order valence-electron chi connectivity index (χ1n) is 9.96. The van der Waals surface area contributed by atoms with Crippen molar-refractivity contribution in [2.24, 2.45) is 5.92 Å². The second-order valence-electron chi connectivity index (χ2n) is 7.58. The lowest BCUT2D eigenvalue weighted by Crippen LogP contribution is -2.29. The number of hydrogen-bond donors (Lipinski definition) is 2. The van der Waals surface area contributed by atoms with Crippen LogP contribution in [-0.2, 0) is 11.3 Å². The Morgan fingerprint density at radius 2 is 2.04 bits per heavy atom. The first kappa shape index (κ1) is 17.4. The number of amides is 1. The number of carbonyl (C=O) groups excluding carboxylic acids is 1. The molecule has 0 radical (unpaired) electrons. The Balaban J connectivity index is 1.37. The van der Waals surface area contributed by atoms with Gasteiger partial charge in [0.15, 0.2) is 5.65 Å². The van der Waals surface area contributed by atoms with Gasteiger partial charge in [-0.3, -0.25) is 4.79 Å². The van der Waals surface area contributed by atoms with Crippen LogP contribution in [0.5, 0.6) is 0 Å². The van der Waals surface area contributed by atoms with Crippen molar-refractivity contribution in [3.8, 4) is 0 Å². The van der Waals surface area contributed by atoms with E-state index < -0.39 is 0 Å². The number of rotatable bonds is 6. The third-order valence-corrected chi connectivity index (χ3v) is 5.69. The van der Waals surface area contributed by atoms with Gasteiger partial charge >= 0.3 is 0 Å². The van der Waals surface area contributed by atoms with Crippen LogP contribution >= 0.6 is 0 Å². The van der Waals surface area contributed by atoms with Gasteiger partial charge in [-0.15, -0.1) is 0 Å². The van der Waals surface area contributed by atoms with Crippen LogP contribution in [-0.4, -0.2) is 45.3 Å². The summed E-state index contributed by atoms with van der Waals surface area (Å²) >= 11 is 0. The third-order valence-electron chi connectivity index (χ3n) is 5.69. The van der Waals surface area contributed by atoms with Gasteiger partial charge in [-0.25, -0.2) is 14.6 Å². The summed E-state index contributed by atoms with van der Waals surface area (Å²) in [6, 6.07) is 0. The molecule has 1 aliphatic heterocycles. The van der Waals surface area contributed by atoms with Crippen LogP contribution in [0.4, 0.5) is 0 Å². The van der Waals surface area contributed by atoms with Crippen molar-refractivity contribution in [2.75, 3.05) is 19.6 Å². The van der Waals surface area contributed by atoms with E-state index in [2.05, 4.69) is 20.6 Å². The fraction of sp³-hybridized carbons (Fsp3) is 0.684. The van der Waals surface area contributed by atoms with Crippen LogP contribution in [0.3, 0.4) is 0 Å². The maximum absolute atomic E-state index is 12.2. The average molecular weight is 356 g/mol. The molecular formula is C19H28N6O. The lowest BCUT2D eigenvalue weighted by molar-refractivity contribution is -0.122. The summed E-state index contributed by atoms with van der Waals surface area (Å²) in [6.07, 6.45) is 11.5. The summed E-state index contributed by atoms with van der Waals surface area (Å²) in [5.41, 5.74) is 2.75. The number of nitrogens with one attached hydrogen (secondary N) is 2. The van der Waals surface area contributed by atoms with Crippen LogP contribution in [0.25, 0.3) is 11.2 Å². The van der Waals surface area contributed by atoms with Gasteiger partial charge in [-0.2, -0.15) is 5.10 Å². The average Bonchev–Trinajstić information content (AvgIpc) is 3.31. The topological polar surface area (TPSA) is 84.7 Å². The molecule has 2 aliphatic rings. The Hall–Kier alpha value is -2.02. The molecule has 2 fully saturated rings. The summed E-state index contributed by atoms with van der Waals surface area (Å²) < 4.78 is 1.90. The normalized spacial score (nSPS) is 21.3. The molecule has 1 saturated carbocycles. The molecule has 4 rings (SSSR count). The smallest absolute Gasteiger partial charge is 0.220 e. The lowest BCUT2D eigenvalue weighted by atomic mass is 9.87. The van der Waals surface area contributed by atoms with E-state index in [0.29, 0.717) is 31.3 Å². The van der Waals surface area contributed by atoms with Crippen LogP contribution in [0.1, 0.15) is 56.6 Å². The summed E-state index contributed by atoms with van der Waals surface area (Å²) in [6.45, 7) is 3.18. The van der Waals surface area contributed by atoms with Gasteiger partial charge in [0.05, 0.1) is 12.2 Å². The molecule has 26 heavy (non-hydrogen) atoms. The second kappa shape index (κ2) is 8.12. The molecule has 0 bridgehead atoms. The lowest BCUT2D eigenvalue weighted by Gasteiger charge is -2.20. The Morgan fingerprint density at radius 3 is 2.85 bits per heavy atom. The maximum atomic E-state index is 12.2. The van der Waals surface area contributed by atoms with Gasteiger partial charge < -0.3 is 10.6 Å². The molecule has 2 aromatic heterocycles. The molecule has 1 amide bonds. The number of aromatic nitrogens is 4. The van der Waals surface area contributed by atoms with Gasteiger partial charge in [0.25, 0.3) is 0 Å². The highest BCUT2D eigenvalue weighted by Crippen LogP contribution is 2.27. The zero-order valence-electron chi connectivity index (χ0n) is 15.3. The monoisotopic (exact) mass is 356 g/mol. The van der Waals surface area contributed by atoms with Gasteiger partial charge in [0.2, 0.25) is 5.91 Å². The predicted octanol–water partition coefficient (Wildman–Crippen LogP) is 1.99. The van der Waals surface area contributed by atoms with Crippen molar-refractivity contribution in [1.82, 2.24) is 30.4 Å². The van der Waals surface area contributed by atoms with Crippen LogP contribution in [0.15, 0.2) is 12.4 Å². The first-order valence-corrected chi connectivity index (χ1v) is 9.96.